The fourth-order valence-electron chi connectivity index (χ4n) is 1.91. The second-order valence-corrected chi connectivity index (χ2v) is 4.29. The van der Waals surface area contributed by atoms with Crippen molar-refractivity contribution in [3.63, 3.8) is 0 Å². The lowest BCUT2D eigenvalue weighted by Crippen LogP contribution is -2.31. The average Bonchev–Trinajstić information content (AvgIpc) is 2.67. The summed E-state index contributed by atoms with van der Waals surface area (Å²) in [6.45, 7) is 2.44. The van der Waals surface area contributed by atoms with Gasteiger partial charge < -0.3 is 9.67 Å². The minimum Gasteiger partial charge on any atom is -0.383 e. The third kappa shape index (κ3) is 2.86. The quantitative estimate of drug-likeness (QED) is 0.930. The van der Waals surface area contributed by atoms with Crippen molar-refractivity contribution in [2.24, 2.45) is 0 Å². The van der Waals surface area contributed by atoms with E-state index in [1.807, 2.05) is 6.92 Å². The van der Waals surface area contributed by atoms with Crippen LogP contribution in [0.4, 0.5) is 13.2 Å². The van der Waals surface area contributed by atoms with Gasteiger partial charge in [0.2, 0.25) is 0 Å². The van der Waals surface area contributed by atoms with Gasteiger partial charge in [-0.2, -0.15) is 13.2 Å². The van der Waals surface area contributed by atoms with Crippen molar-refractivity contribution in [3.8, 4) is 0 Å². The van der Waals surface area contributed by atoms with Gasteiger partial charge in [-0.05, 0) is 18.6 Å². The molecule has 7 heteroatoms. The van der Waals surface area contributed by atoms with Gasteiger partial charge in [-0.3, -0.25) is 0 Å². The molecule has 0 aromatic carbocycles. The standard InChI is InChI=1S/C12H14F3N3O/c1-2-6-18-10(7-9(19)12(13,14)15)17-8-4-3-5-16-11(8)18/h3-5,9,19H,2,6-7H2,1H3. The zero-order valence-electron chi connectivity index (χ0n) is 10.4. The third-order valence-electron chi connectivity index (χ3n) is 2.78. The number of aliphatic hydroxyl groups excluding tert-OH is 1. The van der Waals surface area contributed by atoms with Gasteiger partial charge in [0.15, 0.2) is 11.8 Å². The Balaban J connectivity index is 2.39. The van der Waals surface area contributed by atoms with Crippen molar-refractivity contribution >= 4 is 11.2 Å². The number of alkyl halides is 3. The van der Waals surface area contributed by atoms with Crippen molar-refractivity contribution in [3.05, 3.63) is 24.2 Å². The smallest absolute Gasteiger partial charge is 0.383 e. The fraction of sp³-hybridized carbons (Fsp3) is 0.500. The summed E-state index contributed by atoms with van der Waals surface area (Å²) in [5.74, 6) is 0.209. The predicted octanol–water partition coefficient (Wildman–Crippen LogP) is 2.31. The van der Waals surface area contributed by atoms with E-state index < -0.39 is 18.7 Å². The van der Waals surface area contributed by atoms with Gasteiger partial charge in [0.1, 0.15) is 11.3 Å². The van der Waals surface area contributed by atoms with Crippen LogP contribution in [-0.2, 0) is 13.0 Å². The number of fused-ring (bicyclic) bond motifs is 1. The lowest BCUT2D eigenvalue weighted by atomic mass is 10.2. The lowest BCUT2D eigenvalue weighted by molar-refractivity contribution is -0.203. The van der Waals surface area contributed by atoms with Crippen molar-refractivity contribution in [1.29, 1.82) is 0 Å². The summed E-state index contributed by atoms with van der Waals surface area (Å²) >= 11 is 0. The van der Waals surface area contributed by atoms with E-state index in [0.29, 0.717) is 17.7 Å². The Morgan fingerprint density at radius 1 is 1.42 bits per heavy atom. The molecule has 0 saturated carbocycles. The highest BCUT2D eigenvalue weighted by molar-refractivity contribution is 5.71. The molecule has 0 aliphatic rings. The maximum absolute atomic E-state index is 12.4. The van der Waals surface area contributed by atoms with Crippen molar-refractivity contribution in [2.75, 3.05) is 0 Å². The summed E-state index contributed by atoms with van der Waals surface area (Å²) in [4.78, 5) is 8.25. The average molecular weight is 273 g/mol. The number of hydrogen-bond donors (Lipinski definition) is 1. The summed E-state index contributed by atoms with van der Waals surface area (Å²) in [6.07, 6.45) is -5.28. The molecule has 19 heavy (non-hydrogen) atoms. The molecule has 2 aromatic heterocycles. The molecule has 0 aliphatic heterocycles. The molecule has 4 nitrogen and oxygen atoms in total. The SMILES string of the molecule is CCCn1c(CC(O)C(F)(F)F)nc2cccnc21. The number of imidazole rings is 1. The summed E-state index contributed by atoms with van der Waals surface area (Å²) in [5, 5.41) is 9.16. The van der Waals surface area contributed by atoms with E-state index in [-0.39, 0.29) is 5.82 Å². The van der Waals surface area contributed by atoms with Crippen LogP contribution >= 0.6 is 0 Å². The Morgan fingerprint density at radius 2 is 2.16 bits per heavy atom. The fourth-order valence-corrected chi connectivity index (χ4v) is 1.91. The number of pyridine rings is 1. The maximum Gasteiger partial charge on any atom is 0.414 e. The summed E-state index contributed by atoms with van der Waals surface area (Å²) in [5.41, 5.74) is 1.09. The van der Waals surface area contributed by atoms with Crippen molar-refractivity contribution < 1.29 is 18.3 Å². The minimum absolute atomic E-state index is 0.209. The molecule has 0 saturated heterocycles. The summed E-state index contributed by atoms with van der Waals surface area (Å²) in [6, 6.07) is 3.37. The second-order valence-electron chi connectivity index (χ2n) is 4.29. The monoisotopic (exact) mass is 273 g/mol. The van der Waals surface area contributed by atoms with E-state index in [1.165, 1.54) is 0 Å². The topological polar surface area (TPSA) is 50.9 Å². The van der Waals surface area contributed by atoms with Crippen LogP contribution in [0.25, 0.3) is 11.2 Å². The summed E-state index contributed by atoms with van der Waals surface area (Å²) < 4.78 is 38.8. The van der Waals surface area contributed by atoms with E-state index in [1.54, 1.807) is 22.9 Å². The molecule has 2 rings (SSSR count). The number of aliphatic hydroxyl groups is 1. The van der Waals surface area contributed by atoms with E-state index in [0.717, 1.165) is 6.42 Å². The number of aromatic nitrogens is 3. The Kier molecular flexibility index (Phi) is 3.75. The highest BCUT2D eigenvalue weighted by Gasteiger charge is 2.39. The van der Waals surface area contributed by atoms with Crippen LogP contribution < -0.4 is 0 Å². The van der Waals surface area contributed by atoms with E-state index >= 15 is 0 Å². The molecule has 0 spiro atoms. The largest absolute Gasteiger partial charge is 0.414 e. The van der Waals surface area contributed by atoms with Crippen LogP contribution in [0.2, 0.25) is 0 Å². The van der Waals surface area contributed by atoms with Gasteiger partial charge in [0.05, 0.1) is 0 Å². The number of hydrogen-bond acceptors (Lipinski definition) is 3. The van der Waals surface area contributed by atoms with Crippen molar-refractivity contribution in [2.45, 2.75) is 38.6 Å². The van der Waals surface area contributed by atoms with E-state index in [9.17, 15) is 13.2 Å². The predicted molar refractivity (Wildman–Crippen MR) is 63.6 cm³/mol. The Bertz CT molecular complexity index is 565. The number of aryl methyl sites for hydroxylation is 1. The summed E-state index contributed by atoms with van der Waals surface area (Å²) in [7, 11) is 0. The number of halogens is 3. The van der Waals surface area contributed by atoms with Crippen LogP contribution in [-0.4, -0.2) is 31.9 Å². The highest BCUT2D eigenvalue weighted by Crippen LogP contribution is 2.24. The third-order valence-corrected chi connectivity index (χ3v) is 2.78. The normalized spacial score (nSPS) is 13.9. The van der Waals surface area contributed by atoms with Crippen LogP contribution in [0.3, 0.4) is 0 Å². The highest BCUT2D eigenvalue weighted by atomic mass is 19.4. The molecule has 0 radical (unpaired) electrons. The van der Waals surface area contributed by atoms with Gasteiger partial charge in [-0.15, -0.1) is 0 Å². The zero-order chi connectivity index (χ0) is 14.0. The van der Waals surface area contributed by atoms with E-state index in [4.69, 9.17) is 5.11 Å². The second kappa shape index (κ2) is 5.16. The van der Waals surface area contributed by atoms with Gasteiger partial charge in [0, 0.05) is 19.2 Å². The molecule has 0 bridgehead atoms. The van der Waals surface area contributed by atoms with Crippen LogP contribution in [0.5, 0.6) is 0 Å². The molecule has 1 unspecified atom stereocenters. The molecular formula is C12H14F3N3O. The van der Waals surface area contributed by atoms with Crippen LogP contribution in [0, 0.1) is 0 Å². The Labute approximate surface area is 107 Å². The number of rotatable bonds is 4. The molecule has 0 aliphatic carbocycles. The van der Waals surface area contributed by atoms with Gasteiger partial charge in [-0.25, -0.2) is 9.97 Å². The minimum atomic E-state index is -4.64. The van der Waals surface area contributed by atoms with Gasteiger partial charge >= 0.3 is 6.18 Å². The first-order valence-corrected chi connectivity index (χ1v) is 5.98. The molecular weight excluding hydrogens is 259 g/mol. The first-order valence-electron chi connectivity index (χ1n) is 5.98. The molecule has 1 atom stereocenters. The molecule has 2 heterocycles. The van der Waals surface area contributed by atoms with Crippen molar-refractivity contribution in [1.82, 2.24) is 14.5 Å². The lowest BCUT2D eigenvalue weighted by Gasteiger charge is -2.14. The molecule has 2 aromatic rings. The Morgan fingerprint density at radius 3 is 2.79 bits per heavy atom. The van der Waals surface area contributed by atoms with Gasteiger partial charge in [0.25, 0.3) is 0 Å². The molecule has 1 N–H and O–H groups in total. The molecule has 0 amide bonds. The van der Waals surface area contributed by atoms with E-state index in [2.05, 4.69) is 9.97 Å². The molecule has 104 valence electrons. The first-order chi connectivity index (χ1) is 8.93. The number of nitrogens with zero attached hydrogens (tertiary/aromatic N) is 3. The Hall–Kier alpha value is -1.63. The first kappa shape index (κ1) is 13.8. The van der Waals surface area contributed by atoms with Crippen LogP contribution in [0.1, 0.15) is 19.2 Å². The van der Waals surface area contributed by atoms with Gasteiger partial charge in [-0.1, -0.05) is 6.92 Å². The van der Waals surface area contributed by atoms with Crippen LogP contribution in [0.15, 0.2) is 18.3 Å². The maximum atomic E-state index is 12.4. The molecule has 0 fully saturated rings. The zero-order valence-corrected chi connectivity index (χ0v) is 10.4.